The van der Waals surface area contributed by atoms with Crippen LogP contribution in [0.5, 0.6) is 5.75 Å². The SMILES string of the molecule is COc1ccc(C(=O)N/C(=C/c2ccc(-c3cccc(Cl)c3)o2)C(=O)NCCO)cc1. The number of rotatable bonds is 8. The first-order valence-corrected chi connectivity index (χ1v) is 9.80. The molecule has 0 aliphatic carbocycles. The molecule has 7 nitrogen and oxygen atoms in total. The van der Waals surface area contributed by atoms with Crippen molar-refractivity contribution in [3.63, 3.8) is 0 Å². The first-order chi connectivity index (χ1) is 15.0. The van der Waals surface area contributed by atoms with Crippen LogP contribution in [0.3, 0.4) is 0 Å². The summed E-state index contributed by atoms with van der Waals surface area (Å²) in [7, 11) is 1.53. The summed E-state index contributed by atoms with van der Waals surface area (Å²) >= 11 is 6.03. The van der Waals surface area contributed by atoms with Gasteiger partial charge in [0, 0.05) is 28.8 Å². The van der Waals surface area contributed by atoms with Crippen LogP contribution in [-0.2, 0) is 4.79 Å². The smallest absolute Gasteiger partial charge is 0.268 e. The lowest BCUT2D eigenvalue weighted by atomic mass is 10.2. The summed E-state index contributed by atoms with van der Waals surface area (Å²) in [5.41, 5.74) is 1.10. The molecular weight excluding hydrogens is 420 g/mol. The van der Waals surface area contributed by atoms with Gasteiger partial charge in [0.15, 0.2) is 0 Å². The molecule has 8 heteroatoms. The van der Waals surface area contributed by atoms with Crippen molar-refractivity contribution in [3.8, 4) is 17.1 Å². The third-order valence-electron chi connectivity index (χ3n) is 4.26. The minimum Gasteiger partial charge on any atom is -0.497 e. The van der Waals surface area contributed by atoms with Crippen LogP contribution >= 0.6 is 11.6 Å². The van der Waals surface area contributed by atoms with Crippen molar-refractivity contribution in [1.82, 2.24) is 10.6 Å². The fraction of sp³-hybridized carbons (Fsp3) is 0.130. The minimum atomic E-state index is -0.559. The van der Waals surface area contributed by atoms with Crippen LogP contribution in [0.15, 0.2) is 70.8 Å². The second-order valence-electron chi connectivity index (χ2n) is 6.43. The summed E-state index contributed by atoms with van der Waals surface area (Å²) < 4.78 is 10.9. The highest BCUT2D eigenvalue weighted by molar-refractivity contribution is 6.30. The third kappa shape index (κ3) is 5.97. The molecule has 0 saturated carbocycles. The van der Waals surface area contributed by atoms with Crippen molar-refractivity contribution in [2.45, 2.75) is 0 Å². The predicted octanol–water partition coefficient (Wildman–Crippen LogP) is 3.49. The number of ether oxygens (including phenoxy) is 1. The van der Waals surface area contributed by atoms with Gasteiger partial charge >= 0.3 is 0 Å². The fourth-order valence-electron chi connectivity index (χ4n) is 2.73. The number of furan rings is 1. The molecule has 3 rings (SSSR count). The number of hydrogen-bond acceptors (Lipinski definition) is 5. The first kappa shape index (κ1) is 22.1. The Morgan fingerprint density at radius 2 is 1.90 bits per heavy atom. The second-order valence-corrected chi connectivity index (χ2v) is 6.87. The molecule has 0 unspecified atom stereocenters. The predicted molar refractivity (Wildman–Crippen MR) is 118 cm³/mol. The molecule has 0 aliphatic heterocycles. The average Bonchev–Trinajstić information content (AvgIpc) is 3.25. The van der Waals surface area contributed by atoms with Crippen molar-refractivity contribution in [2.24, 2.45) is 0 Å². The second kappa shape index (κ2) is 10.5. The number of aliphatic hydroxyl groups excluding tert-OH is 1. The standard InChI is InChI=1S/C23H21ClN2O5/c1-30-18-7-5-15(6-8-18)22(28)26-20(23(29)25-11-12-27)14-19-9-10-21(31-19)16-3-2-4-17(24)13-16/h2-10,13-14,27H,11-12H2,1H3,(H,25,29)(H,26,28)/b20-14+. The maximum absolute atomic E-state index is 12.6. The van der Waals surface area contributed by atoms with Gasteiger partial charge in [0.25, 0.3) is 11.8 Å². The van der Waals surface area contributed by atoms with Gasteiger partial charge in [-0.1, -0.05) is 23.7 Å². The molecule has 1 heterocycles. The van der Waals surface area contributed by atoms with Crippen molar-refractivity contribution >= 4 is 29.5 Å². The van der Waals surface area contributed by atoms with Gasteiger partial charge in [0.1, 0.15) is 23.0 Å². The van der Waals surface area contributed by atoms with E-state index in [1.165, 1.54) is 13.2 Å². The van der Waals surface area contributed by atoms with E-state index in [-0.39, 0.29) is 18.8 Å². The van der Waals surface area contributed by atoms with Crippen LogP contribution < -0.4 is 15.4 Å². The van der Waals surface area contributed by atoms with Gasteiger partial charge in [-0.25, -0.2) is 0 Å². The summed E-state index contributed by atoms with van der Waals surface area (Å²) in [6.45, 7) is -0.189. The van der Waals surface area contributed by atoms with Crippen LogP contribution in [0.2, 0.25) is 5.02 Å². The molecule has 0 fully saturated rings. The number of halogens is 1. The maximum Gasteiger partial charge on any atom is 0.268 e. The summed E-state index contributed by atoms with van der Waals surface area (Å²) in [6, 6.07) is 17.0. The van der Waals surface area contributed by atoms with Gasteiger partial charge in [0.05, 0.1) is 13.7 Å². The van der Waals surface area contributed by atoms with Gasteiger partial charge < -0.3 is 24.9 Å². The van der Waals surface area contributed by atoms with Crippen LogP contribution in [0, 0.1) is 0 Å². The normalized spacial score (nSPS) is 11.1. The Morgan fingerprint density at radius 3 is 2.58 bits per heavy atom. The molecular formula is C23H21ClN2O5. The molecule has 0 saturated heterocycles. The van der Waals surface area contributed by atoms with E-state index < -0.39 is 11.8 Å². The van der Waals surface area contributed by atoms with Gasteiger partial charge in [0.2, 0.25) is 0 Å². The van der Waals surface area contributed by atoms with Gasteiger partial charge in [-0.3, -0.25) is 9.59 Å². The van der Waals surface area contributed by atoms with E-state index in [1.54, 1.807) is 54.6 Å². The van der Waals surface area contributed by atoms with Crippen LogP contribution in [0.4, 0.5) is 0 Å². The van der Waals surface area contributed by atoms with E-state index in [0.717, 1.165) is 5.56 Å². The molecule has 0 bridgehead atoms. The molecule has 0 spiro atoms. The van der Waals surface area contributed by atoms with Crippen molar-refractivity contribution in [3.05, 3.63) is 82.7 Å². The lowest BCUT2D eigenvalue weighted by Crippen LogP contribution is -2.36. The third-order valence-corrected chi connectivity index (χ3v) is 4.50. The molecule has 0 atom stereocenters. The Morgan fingerprint density at radius 1 is 1.13 bits per heavy atom. The Hall–Kier alpha value is -3.55. The zero-order valence-electron chi connectivity index (χ0n) is 16.7. The van der Waals surface area contributed by atoms with Gasteiger partial charge in [-0.15, -0.1) is 0 Å². The molecule has 0 radical (unpaired) electrons. The number of carbonyl (C=O) groups is 2. The average molecular weight is 441 g/mol. The van der Waals surface area contributed by atoms with E-state index in [0.29, 0.717) is 27.9 Å². The lowest BCUT2D eigenvalue weighted by Gasteiger charge is -2.10. The number of benzene rings is 2. The molecule has 0 aliphatic rings. The highest BCUT2D eigenvalue weighted by atomic mass is 35.5. The van der Waals surface area contributed by atoms with Crippen molar-refractivity contribution in [1.29, 1.82) is 0 Å². The van der Waals surface area contributed by atoms with E-state index in [9.17, 15) is 9.59 Å². The Labute approximate surface area is 184 Å². The Balaban J connectivity index is 1.85. The number of carbonyl (C=O) groups excluding carboxylic acids is 2. The lowest BCUT2D eigenvalue weighted by molar-refractivity contribution is -0.117. The first-order valence-electron chi connectivity index (χ1n) is 9.42. The number of aliphatic hydroxyl groups is 1. The fourth-order valence-corrected chi connectivity index (χ4v) is 2.92. The maximum atomic E-state index is 12.6. The summed E-state index contributed by atoms with van der Waals surface area (Å²) in [6.07, 6.45) is 1.42. The van der Waals surface area contributed by atoms with E-state index in [2.05, 4.69) is 10.6 Å². The number of methoxy groups -OCH3 is 1. The largest absolute Gasteiger partial charge is 0.497 e. The summed E-state index contributed by atoms with van der Waals surface area (Å²) in [5, 5.41) is 14.7. The molecule has 3 N–H and O–H groups in total. The molecule has 160 valence electrons. The molecule has 1 aromatic heterocycles. The molecule has 3 aromatic rings. The molecule has 2 amide bonds. The number of nitrogens with one attached hydrogen (secondary N) is 2. The van der Waals surface area contributed by atoms with Crippen molar-refractivity contribution < 1.29 is 23.8 Å². The van der Waals surface area contributed by atoms with Crippen LogP contribution in [0.1, 0.15) is 16.1 Å². The summed E-state index contributed by atoms with van der Waals surface area (Å²) in [5.74, 6) is 0.493. The van der Waals surface area contributed by atoms with Crippen LogP contribution in [-0.4, -0.2) is 37.2 Å². The zero-order chi connectivity index (χ0) is 22.2. The van der Waals surface area contributed by atoms with E-state index >= 15 is 0 Å². The number of hydrogen-bond donors (Lipinski definition) is 3. The van der Waals surface area contributed by atoms with Crippen molar-refractivity contribution in [2.75, 3.05) is 20.3 Å². The highest BCUT2D eigenvalue weighted by Crippen LogP contribution is 2.25. The van der Waals surface area contributed by atoms with Gasteiger partial charge in [-0.05, 0) is 48.5 Å². The Bertz CT molecular complexity index is 1090. The monoisotopic (exact) mass is 440 g/mol. The highest BCUT2D eigenvalue weighted by Gasteiger charge is 2.16. The molecule has 31 heavy (non-hydrogen) atoms. The number of amides is 2. The van der Waals surface area contributed by atoms with E-state index in [4.69, 9.17) is 25.9 Å². The quantitative estimate of drug-likeness (QED) is 0.465. The molecule has 2 aromatic carbocycles. The van der Waals surface area contributed by atoms with E-state index in [1.807, 2.05) is 6.07 Å². The summed E-state index contributed by atoms with van der Waals surface area (Å²) in [4.78, 5) is 25.1. The van der Waals surface area contributed by atoms with Gasteiger partial charge in [-0.2, -0.15) is 0 Å². The Kier molecular flexibility index (Phi) is 7.48. The topological polar surface area (TPSA) is 101 Å². The minimum absolute atomic E-state index is 0.0266. The van der Waals surface area contributed by atoms with Crippen LogP contribution in [0.25, 0.3) is 17.4 Å². The zero-order valence-corrected chi connectivity index (χ0v) is 17.5.